The highest BCUT2D eigenvalue weighted by Gasteiger charge is 2.33. The molecule has 1 aliphatic rings. The van der Waals surface area contributed by atoms with Crippen LogP contribution in [0.25, 0.3) is 6.08 Å². The number of fused-ring (bicyclic) bond motifs is 1. The van der Waals surface area contributed by atoms with Crippen LogP contribution < -0.4 is 19.8 Å². The van der Waals surface area contributed by atoms with E-state index in [0.717, 1.165) is 15.0 Å². The molecule has 0 aliphatic carbocycles. The molecule has 2 aromatic heterocycles. The lowest BCUT2D eigenvalue weighted by atomic mass is 9.95. The molecule has 0 saturated carbocycles. The molecule has 0 spiro atoms. The zero-order valence-electron chi connectivity index (χ0n) is 18.1. The van der Waals surface area contributed by atoms with Gasteiger partial charge in [-0.25, -0.2) is 9.79 Å². The molecule has 0 fully saturated rings. The van der Waals surface area contributed by atoms with E-state index in [1.165, 1.54) is 11.3 Å². The Morgan fingerprint density at radius 2 is 2.00 bits per heavy atom. The van der Waals surface area contributed by atoms with Gasteiger partial charge in [0.05, 0.1) is 28.5 Å². The number of carbonyl (C=O) groups excluding carboxylic acids is 1. The molecule has 0 radical (unpaired) electrons. The van der Waals surface area contributed by atoms with Crippen LogP contribution in [0, 0.1) is 3.77 Å². The lowest BCUT2D eigenvalue weighted by Gasteiger charge is -2.25. The summed E-state index contributed by atoms with van der Waals surface area (Å²) in [6.07, 6.45) is 1.71. The number of esters is 1. The van der Waals surface area contributed by atoms with Crippen molar-refractivity contribution in [2.24, 2.45) is 4.99 Å². The zero-order valence-corrected chi connectivity index (χ0v) is 21.1. The van der Waals surface area contributed by atoms with Crippen LogP contribution in [0.4, 0.5) is 5.69 Å². The number of furan rings is 1. The smallest absolute Gasteiger partial charge is 0.338 e. The van der Waals surface area contributed by atoms with Crippen LogP contribution in [-0.4, -0.2) is 31.2 Å². The third-order valence-electron chi connectivity index (χ3n) is 5.11. The van der Waals surface area contributed by atoms with E-state index in [4.69, 9.17) is 9.15 Å². The number of allylic oxidation sites excluding steroid dienone is 1. The summed E-state index contributed by atoms with van der Waals surface area (Å²) in [4.78, 5) is 33.5. The average molecular weight is 563 g/mol. The van der Waals surface area contributed by atoms with E-state index < -0.39 is 12.0 Å². The number of hydrogen-bond donors (Lipinski definition) is 0. The number of aromatic nitrogens is 1. The molecule has 3 heterocycles. The van der Waals surface area contributed by atoms with E-state index in [2.05, 4.69) is 27.6 Å². The van der Waals surface area contributed by atoms with Crippen molar-refractivity contribution in [1.82, 2.24) is 4.57 Å². The Kier molecular flexibility index (Phi) is 6.38. The third-order valence-corrected chi connectivity index (χ3v) is 6.67. The van der Waals surface area contributed by atoms with Gasteiger partial charge in [-0.05, 0) is 66.3 Å². The number of rotatable bonds is 5. The van der Waals surface area contributed by atoms with Gasteiger partial charge in [0.25, 0.3) is 5.56 Å². The van der Waals surface area contributed by atoms with Gasteiger partial charge in [0, 0.05) is 25.9 Å². The quantitative estimate of drug-likeness (QED) is 0.353. The van der Waals surface area contributed by atoms with Crippen LogP contribution in [0.5, 0.6) is 0 Å². The molecule has 32 heavy (non-hydrogen) atoms. The maximum atomic E-state index is 13.5. The van der Waals surface area contributed by atoms with Crippen LogP contribution in [0.1, 0.15) is 31.2 Å². The number of hydrogen-bond acceptors (Lipinski definition) is 7. The van der Waals surface area contributed by atoms with Gasteiger partial charge < -0.3 is 14.1 Å². The third kappa shape index (κ3) is 4.18. The van der Waals surface area contributed by atoms with Gasteiger partial charge >= 0.3 is 5.97 Å². The molecule has 0 saturated heterocycles. The van der Waals surface area contributed by atoms with E-state index in [1.807, 2.05) is 55.4 Å². The van der Waals surface area contributed by atoms with Crippen molar-refractivity contribution >= 4 is 51.7 Å². The molecule has 4 rings (SSSR count). The highest BCUT2D eigenvalue weighted by Crippen LogP contribution is 2.31. The maximum absolute atomic E-state index is 13.5. The molecule has 1 aromatic carbocycles. The van der Waals surface area contributed by atoms with Gasteiger partial charge in [0.2, 0.25) is 0 Å². The molecule has 3 aromatic rings. The van der Waals surface area contributed by atoms with Gasteiger partial charge in [-0.3, -0.25) is 9.36 Å². The van der Waals surface area contributed by atoms with Crippen LogP contribution in [0.3, 0.4) is 0 Å². The normalized spacial score (nSPS) is 16.0. The fraction of sp³-hybridized carbons (Fsp3) is 0.261. The summed E-state index contributed by atoms with van der Waals surface area (Å²) < 4.78 is 13.7. The average Bonchev–Trinajstić information content (AvgIpc) is 3.30. The number of thiazole rings is 1. The fourth-order valence-corrected chi connectivity index (χ4v) is 5.06. The van der Waals surface area contributed by atoms with Gasteiger partial charge in [0.1, 0.15) is 5.76 Å². The van der Waals surface area contributed by atoms with E-state index in [9.17, 15) is 9.59 Å². The monoisotopic (exact) mass is 563 g/mol. The summed E-state index contributed by atoms with van der Waals surface area (Å²) in [5.74, 6) is 0.123. The maximum Gasteiger partial charge on any atom is 0.338 e. The second-order valence-corrected chi connectivity index (χ2v) is 9.50. The first-order chi connectivity index (χ1) is 15.3. The number of anilines is 1. The van der Waals surface area contributed by atoms with Crippen LogP contribution in [0.2, 0.25) is 0 Å². The van der Waals surface area contributed by atoms with E-state index in [-0.39, 0.29) is 12.2 Å². The molecule has 0 amide bonds. The Morgan fingerprint density at radius 1 is 1.28 bits per heavy atom. The number of benzene rings is 1. The number of nitrogens with zero attached hydrogens (tertiary/aromatic N) is 3. The lowest BCUT2D eigenvalue weighted by molar-refractivity contribution is -0.139. The van der Waals surface area contributed by atoms with E-state index >= 15 is 0 Å². The van der Waals surface area contributed by atoms with Crippen molar-refractivity contribution in [3.63, 3.8) is 0 Å². The van der Waals surface area contributed by atoms with Gasteiger partial charge in [-0.1, -0.05) is 23.5 Å². The minimum Gasteiger partial charge on any atom is -0.463 e. The number of ether oxygens (including phenoxy) is 1. The minimum atomic E-state index is -0.625. The largest absolute Gasteiger partial charge is 0.463 e. The van der Waals surface area contributed by atoms with Crippen molar-refractivity contribution in [2.75, 3.05) is 25.6 Å². The molecule has 7 nitrogen and oxygen atoms in total. The fourth-order valence-electron chi connectivity index (χ4n) is 3.60. The topological polar surface area (TPSA) is 77.0 Å². The number of carbonyl (C=O) groups is 1. The molecular formula is C23H22IN3O4S. The van der Waals surface area contributed by atoms with Gasteiger partial charge in [-0.2, -0.15) is 0 Å². The highest BCUT2D eigenvalue weighted by molar-refractivity contribution is 14.1. The lowest BCUT2D eigenvalue weighted by Crippen LogP contribution is -2.39. The molecule has 9 heteroatoms. The van der Waals surface area contributed by atoms with E-state index in [1.54, 1.807) is 24.5 Å². The summed E-state index contributed by atoms with van der Waals surface area (Å²) >= 11 is 3.36. The van der Waals surface area contributed by atoms with Crippen molar-refractivity contribution in [1.29, 1.82) is 0 Å². The molecule has 0 N–H and O–H groups in total. The Hall–Kier alpha value is -2.66. The standard InChI is InChI=1S/C23H22IN3O4S/c1-5-30-22(29)19-13(2)25-23-27(20(19)14-6-8-15(9-7-14)26(3)4)21(28)17(32-23)12-16-10-11-18(24)31-16/h6-12,20H,5H2,1-4H3/b17-12+/t20-/m0/s1. The Labute approximate surface area is 202 Å². The minimum absolute atomic E-state index is 0.226. The van der Waals surface area contributed by atoms with Crippen molar-refractivity contribution in [3.8, 4) is 0 Å². The van der Waals surface area contributed by atoms with Crippen molar-refractivity contribution < 1.29 is 13.9 Å². The Bertz CT molecular complexity index is 1380. The molecule has 0 unspecified atom stereocenters. The predicted octanol–water partition coefficient (Wildman–Crippen LogP) is 3.06. The molecule has 1 aliphatic heterocycles. The zero-order chi connectivity index (χ0) is 23.0. The van der Waals surface area contributed by atoms with Crippen LogP contribution >= 0.6 is 33.9 Å². The predicted molar refractivity (Wildman–Crippen MR) is 133 cm³/mol. The Morgan fingerprint density at radius 3 is 2.59 bits per heavy atom. The molecule has 166 valence electrons. The van der Waals surface area contributed by atoms with E-state index in [0.29, 0.717) is 26.4 Å². The summed E-state index contributed by atoms with van der Waals surface area (Å²) in [6, 6.07) is 10.8. The summed E-state index contributed by atoms with van der Waals surface area (Å²) in [5, 5.41) is 0. The summed E-state index contributed by atoms with van der Waals surface area (Å²) in [7, 11) is 3.92. The second-order valence-electron chi connectivity index (χ2n) is 7.43. The molecule has 1 atom stereocenters. The SMILES string of the molecule is CCOC(=O)C1=C(C)N=c2s/c(=C/c3ccc(I)o3)c(=O)n2[C@H]1c1ccc(N(C)C)cc1. The summed E-state index contributed by atoms with van der Waals surface area (Å²) in [6.45, 7) is 3.78. The second kappa shape index (κ2) is 9.07. The van der Waals surface area contributed by atoms with Crippen molar-refractivity contribution in [2.45, 2.75) is 19.9 Å². The van der Waals surface area contributed by atoms with Crippen LogP contribution in [0.15, 0.2) is 61.9 Å². The van der Waals surface area contributed by atoms with Crippen molar-refractivity contribution in [3.05, 3.63) is 82.4 Å². The Balaban J connectivity index is 1.93. The first kappa shape index (κ1) is 22.5. The van der Waals surface area contributed by atoms with Gasteiger partial charge in [-0.15, -0.1) is 0 Å². The first-order valence-corrected chi connectivity index (χ1v) is 11.9. The first-order valence-electron chi connectivity index (χ1n) is 10.0. The molecular weight excluding hydrogens is 541 g/mol. The van der Waals surface area contributed by atoms with Crippen LogP contribution in [-0.2, 0) is 9.53 Å². The summed E-state index contributed by atoms with van der Waals surface area (Å²) in [5.41, 5.74) is 2.53. The highest BCUT2D eigenvalue weighted by atomic mass is 127. The van der Waals surface area contributed by atoms with Gasteiger partial charge in [0.15, 0.2) is 8.57 Å². The number of halogens is 1. The molecule has 0 bridgehead atoms.